The molecule has 0 bridgehead atoms. The third kappa shape index (κ3) is 2.58. The topological polar surface area (TPSA) is 9.23 Å². The van der Waals surface area contributed by atoms with Crippen LogP contribution in [0.5, 0.6) is 0 Å². The van der Waals surface area contributed by atoms with Gasteiger partial charge < -0.3 is 4.74 Å². The summed E-state index contributed by atoms with van der Waals surface area (Å²) in [6.07, 6.45) is 2.25. The molecule has 0 unspecified atom stereocenters. The highest BCUT2D eigenvalue weighted by Gasteiger charge is 2.26. The van der Waals surface area contributed by atoms with Gasteiger partial charge >= 0.3 is 0 Å². The molecule has 1 aliphatic rings. The van der Waals surface area contributed by atoms with Crippen molar-refractivity contribution in [3.05, 3.63) is 33.9 Å². The van der Waals surface area contributed by atoms with Crippen LogP contribution in [0.15, 0.2) is 6.07 Å². The zero-order chi connectivity index (χ0) is 14.2. The highest BCUT2D eigenvalue weighted by atomic mass is 16.5. The Morgan fingerprint density at radius 1 is 1.26 bits per heavy atom. The van der Waals surface area contributed by atoms with Crippen LogP contribution in [0.25, 0.3) is 0 Å². The average Bonchev–Trinajstić information content (AvgIpc) is 2.38. The molecule has 0 saturated heterocycles. The van der Waals surface area contributed by atoms with Gasteiger partial charge in [-0.1, -0.05) is 40.7 Å². The van der Waals surface area contributed by atoms with E-state index in [2.05, 4.69) is 47.6 Å². The van der Waals surface area contributed by atoms with E-state index < -0.39 is 0 Å². The molecule has 2 rings (SSSR count). The highest BCUT2D eigenvalue weighted by molar-refractivity contribution is 5.49. The third-order valence-corrected chi connectivity index (χ3v) is 4.85. The molecule has 0 fully saturated rings. The lowest BCUT2D eigenvalue weighted by Gasteiger charge is -2.32. The highest BCUT2D eigenvalue weighted by Crippen LogP contribution is 2.37. The van der Waals surface area contributed by atoms with Gasteiger partial charge in [0.25, 0.3) is 0 Å². The van der Waals surface area contributed by atoms with Gasteiger partial charge in [-0.2, -0.15) is 0 Å². The summed E-state index contributed by atoms with van der Waals surface area (Å²) in [5.74, 6) is 0.596. The second-order valence-corrected chi connectivity index (χ2v) is 6.79. The van der Waals surface area contributed by atoms with Crippen LogP contribution < -0.4 is 0 Å². The Kier molecular flexibility index (Phi) is 4.06. The summed E-state index contributed by atoms with van der Waals surface area (Å²) >= 11 is 0. The Bertz CT molecular complexity index is 469. The zero-order valence-electron chi connectivity index (χ0n) is 13.4. The van der Waals surface area contributed by atoms with Gasteiger partial charge in [-0.15, -0.1) is 0 Å². The van der Waals surface area contributed by atoms with Gasteiger partial charge in [0.05, 0.1) is 13.2 Å². The van der Waals surface area contributed by atoms with Crippen molar-refractivity contribution in [3.63, 3.8) is 0 Å². The maximum Gasteiger partial charge on any atom is 0.0722 e. The molecule has 1 nitrogen and oxygen atoms in total. The molecule has 1 aliphatic heterocycles. The van der Waals surface area contributed by atoms with Crippen LogP contribution >= 0.6 is 0 Å². The minimum Gasteiger partial charge on any atom is -0.376 e. The van der Waals surface area contributed by atoms with E-state index in [1.54, 1.807) is 11.1 Å². The van der Waals surface area contributed by atoms with Crippen molar-refractivity contribution in [2.45, 2.75) is 72.3 Å². The molecule has 0 atom stereocenters. The lowest BCUT2D eigenvalue weighted by atomic mass is 9.75. The summed E-state index contributed by atoms with van der Waals surface area (Å²) in [7, 11) is 0. The normalized spacial score (nSPS) is 15.7. The summed E-state index contributed by atoms with van der Waals surface area (Å²) < 4.78 is 5.71. The molecular weight excluding hydrogens is 232 g/mol. The Hall–Kier alpha value is -0.820. The third-order valence-electron chi connectivity index (χ3n) is 4.85. The fraction of sp³-hybridized carbons (Fsp3) is 0.667. The molecular formula is C18H28O. The zero-order valence-corrected chi connectivity index (χ0v) is 13.4. The van der Waals surface area contributed by atoms with Crippen molar-refractivity contribution in [1.29, 1.82) is 0 Å². The van der Waals surface area contributed by atoms with Crippen molar-refractivity contribution in [2.24, 2.45) is 0 Å². The fourth-order valence-electron chi connectivity index (χ4n) is 3.16. The number of rotatable bonds is 3. The predicted molar refractivity (Wildman–Crippen MR) is 81.9 cm³/mol. The molecule has 1 heteroatoms. The number of hydrogen-bond acceptors (Lipinski definition) is 1. The molecule has 0 saturated carbocycles. The average molecular weight is 260 g/mol. The number of ether oxygens (including phenoxy) is 1. The van der Waals surface area contributed by atoms with Crippen LogP contribution in [0.1, 0.15) is 74.8 Å². The Balaban J connectivity index is 2.67. The van der Waals surface area contributed by atoms with Crippen molar-refractivity contribution >= 4 is 0 Å². The van der Waals surface area contributed by atoms with E-state index >= 15 is 0 Å². The van der Waals surface area contributed by atoms with E-state index in [9.17, 15) is 0 Å². The summed E-state index contributed by atoms with van der Waals surface area (Å²) in [5, 5.41) is 0. The largest absolute Gasteiger partial charge is 0.376 e. The van der Waals surface area contributed by atoms with E-state index in [-0.39, 0.29) is 5.41 Å². The quantitative estimate of drug-likeness (QED) is 0.752. The number of benzene rings is 1. The summed E-state index contributed by atoms with van der Waals surface area (Å²) in [6.45, 7) is 15.6. The first-order valence-corrected chi connectivity index (χ1v) is 7.62. The molecule has 106 valence electrons. The standard InChI is InChI=1S/C18H28O/c1-7-18(5,6)17-10-15(12(2)3)14-8-9-19-11-16(14)13(17)4/h10,12H,7-9,11H2,1-6H3. The van der Waals surface area contributed by atoms with E-state index in [0.717, 1.165) is 19.6 Å². The molecule has 0 aromatic heterocycles. The van der Waals surface area contributed by atoms with Crippen LogP contribution in [-0.4, -0.2) is 6.61 Å². The lowest BCUT2D eigenvalue weighted by molar-refractivity contribution is 0.109. The SMILES string of the molecule is CCC(C)(C)c1cc(C(C)C)c2c(c1C)COCC2. The molecule has 0 amide bonds. The van der Waals surface area contributed by atoms with E-state index in [1.807, 2.05) is 0 Å². The van der Waals surface area contributed by atoms with E-state index in [4.69, 9.17) is 4.74 Å². The number of fused-ring (bicyclic) bond motifs is 1. The first kappa shape index (κ1) is 14.6. The molecule has 1 aromatic rings. The summed E-state index contributed by atoms with van der Waals surface area (Å²) in [4.78, 5) is 0. The van der Waals surface area contributed by atoms with E-state index in [1.165, 1.54) is 23.1 Å². The monoisotopic (exact) mass is 260 g/mol. The first-order chi connectivity index (χ1) is 8.88. The van der Waals surface area contributed by atoms with Gasteiger partial charge in [0, 0.05) is 0 Å². The lowest BCUT2D eigenvalue weighted by Crippen LogP contribution is -2.22. The Morgan fingerprint density at radius 3 is 2.53 bits per heavy atom. The Labute approximate surface area is 118 Å². The van der Waals surface area contributed by atoms with Gasteiger partial charge in [-0.3, -0.25) is 0 Å². The number of hydrogen-bond donors (Lipinski definition) is 0. The minimum absolute atomic E-state index is 0.250. The molecule has 1 heterocycles. The van der Waals surface area contributed by atoms with Crippen LogP contribution in [0.4, 0.5) is 0 Å². The van der Waals surface area contributed by atoms with Gasteiger partial charge in [-0.25, -0.2) is 0 Å². The molecule has 0 aliphatic carbocycles. The van der Waals surface area contributed by atoms with Crippen molar-refractivity contribution in [1.82, 2.24) is 0 Å². The van der Waals surface area contributed by atoms with E-state index in [0.29, 0.717) is 5.92 Å². The van der Waals surface area contributed by atoms with Gasteiger partial charge in [-0.05, 0) is 58.9 Å². The predicted octanol–water partition coefficient (Wildman–Crippen LogP) is 4.88. The molecule has 0 radical (unpaired) electrons. The van der Waals surface area contributed by atoms with Crippen LogP contribution in [0.3, 0.4) is 0 Å². The van der Waals surface area contributed by atoms with Gasteiger partial charge in [0.2, 0.25) is 0 Å². The summed E-state index contributed by atoms with van der Waals surface area (Å²) in [5.41, 5.74) is 7.80. The second kappa shape index (κ2) is 5.28. The molecule has 0 spiro atoms. The maximum atomic E-state index is 5.71. The molecule has 0 N–H and O–H groups in total. The van der Waals surface area contributed by atoms with Crippen molar-refractivity contribution in [2.75, 3.05) is 6.61 Å². The van der Waals surface area contributed by atoms with Crippen LogP contribution in [-0.2, 0) is 23.2 Å². The minimum atomic E-state index is 0.250. The van der Waals surface area contributed by atoms with Gasteiger partial charge in [0.15, 0.2) is 0 Å². The van der Waals surface area contributed by atoms with Crippen LogP contribution in [0, 0.1) is 6.92 Å². The fourth-order valence-corrected chi connectivity index (χ4v) is 3.16. The summed E-state index contributed by atoms with van der Waals surface area (Å²) in [6, 6.07) is 2.48. The van der Waals surface area contributed by atoms with Gasteiger partial charge in [0.1, 0.15) is 0 Å². The van der Waals surface area contributed by atoms with Crippen LogP contribution in [0.2, 0.25) is 0 Å². The van der Waals surface area contributed by atoms with Crippen molar-refractivity contribution < 1.29 is 4.74 Å². The smallest absolute Gasteiger partial charge is 0.0722 e. The van der Waals surface area contributed by atoms with Crippen molar-refractivity contribution in [3.8, 4) is 0 Å². The second-order valence-electron chi connectivity index (χ2n) is 6.79. The maximum absolute atomic E-state index is 5.71. The Morgan fingerprint density at radius 2 is 1.95 bits per heavy atom. The first-order valence-electron chi connectivity index (χ1n) is 7.62. The molecule has 19 heavy (non-hydrogen) atoms. The molecule has 1 aromatic carbocycles.